The van der Waals surface area contributed by atoms with E-state index >= 15 is 0 Å². The molecule has 2 N–H and O–H groups in total. The first-order valence-electron chi connectivity index (χ1n) is 8.75. The highest BCUT2D eigenvalue weighted by atomic mass is 16.2. The van der Waals surface area contributed by atoms with E-state index < -0.39 is 0 Å². The van der Waals surface area contributed by atoms with Gasteiger partial charge in [-0.1, -0.05) is 31.0 Å². The first kappa shape index (κ1) is 16.1. The average molecular weight is 313 g/mol. The maximum Gasteiger partial charge on any atom is 0.242 e. The Morgan fingerprint density at radius 3 is 2.57 bits per heavy atom. The highest BCUT2D eigenvalue weighted by Gasteiger charge is 2.17. The molecule has 1 saturated heterocycles. The number of nitrogens with two attached hydrogens (primary N) is 1. The molecule has 0 aliphatic carbocycles. The number of carbonyl (C=O) groups is 1. The van der Waals surface area contributed by atoms with Crippen molar-refractivity contribution in [3.05, 3.63) is 36.0 Å². The van der Waals surface area contributed by atoms with Gasteiger partial charge in [-0.3, -0.25) is 4.79 Å². The Labute approximate surface area is 138 Å². The molecule has 2 aromatic rings. The maximum atomic E-state index is 12.7. The van der Waals surface area contributed by atoms with E-state index in [4.69, 9.17) is 5.73 Å². The average Bonchev–Trinajstić information content (AvgIpc) is 2.73. The van der Waals surface area contributed by atoms with Crippen LogP contribution in [-0.2, 0) is 17.8 Å². The number of likely N-dealkylation sites (tertiary alicyclic amines) is 1. The molecule has 2 heterocycles. The molecule has 1 aliphatic heterocycles. The van der Waals surface area contributed by atoms with Gasteiger partial charge < -0.3 is 15.2 Å². The number of benzene rings is 1. The summed E-state index contributed by atoms with van der Waals surface area (Å²) >= 11 is 0. The number of rotatable bonds is 4. The van der Waals surface area contributed by atoms with Gasteiger partial charge in [-0.15, -0.1) is 0 Å². The fourth-order valence-electron chi connectivity index (χ4n) is 3.53. The van der Waals surface area contributed by atoms with Crippen LogP contribution >= 0.6 is 0 Å². The molecule has 1 amide bonds. The molecule has 4 heteroatoms. The molecule has 0 saturated carbocycles. The van der Waals surface area contributed by atoms with Crippen molar-refractivity contribution in [3.63, 3.8) is 0 Å². The Bertz CT molecular complexity index is 666. The van der Waals surface area contributed by atoms with Crippen molar-refractivity contribution in [2.24, 2.45) is 5.73 Å². The topological polar surface area (TPSA) is 51.3 Å². The van der Waals surface area contributed by atoms with Gasteiger partial charge in [0.2, 0.25) is 5.91 Å². The highest BCUT2D eigenvalue weighted by Crippen LogP contribution is 2.23. The second-order valence-electron chi connectivity index (χ2n) is 6.78. The van der Waals surface area contributed by atoms with E-state index in [1.165, 1.54) is 23.8 Å². The molecule has 0 spiro atoms. The Morgan fingerprint density at radius 1 is 1.17 bits per heavy atom. The monoisotopic (exact) mass is 313 g/mol. The van der Waals surface area contributed by atoms with E-state index in [1.807, 2.05) is 24.0 Å². The van der Waals surface area contributed by atoms with Gasteiger partial charge in [-0.05, 0) is 37.8 Å². The third-order valence-corrected chi connectivity index (χ3v) is 4.68. The number of amides is 1. The summed E-state index contributed by atoms with van der Waals surface area (Å²) in [5.74, 6) is 0.236. The summed E-state index contributed by atoms with van der Waals surface area (Å²) in [5, 5.41) is 1.22. The van der Waals surface area contributed by atoms with Gasteiger partial charge in [0.1, 0.15) is 6.54 Å². The van der Waals surface area contributed by atoms with Crippen molar-refractivity contribution >= 4 is 16.8 Å². The summed E-state index contributed by atoms with van der Waals surface area (Å²) in [6, 6.07) is 8.42. The Morgan fingerprint density at radius 2 is 1.87 bits per heavy atom. The number of aromatic nitrogens is 1. The molecule has 1 atom stereocenters. The van der Waals surface area contributed by atoms with Crippen LogP contribution in [-0.4, -0.2) is 34.5 Å². The second-order valence-corrected chi connectivity index (χ2v) is 6.78. The fourth-order valence-corrected chi connectivity index (χ4v) is 3.53. The van der Waals surface area contributed by atoms with Crippen LogP contribution in [0.15, 0.2) is 30.5 Å². The van der Waals surface area contributed by atoms with Crippen molar-refractivity contribution < 1.29 is 4.79 Å². The molecule has 1 aromatic carbocycles. The van der Waals surface area contributed by atoms with Crippen LogP contribution in [0.2, 0.25) is 0 Å². The first-order chi connectivity index (χ1) is 11.1. The summed E-state index contributed by atoms with van der Waals surface area (Å²) in [6.07, 6.45) is 7.71. The zero-order valence-corrected chi connectivity index (χ0v) is 14.0. The molecule has 1 unspecified atom stereocenters. The quantitative estimate of drug-likeness (QED) is 0.943. The molecule has 1 aromatic heterocycles. The molecule has 0 bridgehead atoms. The SMILES string of the molecule is CC(N)Cc1cn(CC(=O)N2CCCCCC2)c2ccccc12. The summed E-state index contributed by atoms with van der Waals surface area (Å²) < 4.78 is 2.10. The third-order valence-electron chi connectivity index (χ3n) is 4.68. The smallest absolute Gasteiger partial charge is 0.242 e. The zero-order valence-electron chi connectivity index (χ0n) is 14.0. The van der Waals surface area contributed by atoms with Crippen LogP contribution in [0.25, 0.3) is 10.9 Å². The predicted octanol–water partition coefficient (Wildman–Crippen LogP) is 2.93. The summed E-state index contributed by atoms with van der Waals surface area (Å²) in [7, 11) is 0. The van der Waals surface area contributed by atoms with Crippen molar-refractivity contribution in [1.82, 2.24) is 9.47 Å². The Kier molecular flexibility index (Phi) is 5.01. The zero-order chi connectivity index (χ0) is 16.2. The van der Waals surface area contributed by atoms with E-state index in [1.54, 1.807) is 0 Å². The van der Waals surface area contributed by atoms with Crippen LogP contribution in [0.5, 0.6) is 0 Å². The minimum atomic E-state index is 0.121. The molecule has 0 radical (unpaired) electrons. The van der Waals surface area contributed by atoms with E-state index in [0.29, 0.717) is 6.54 Å². The third kappa shape index (κ3) is 3.75. The lowest BCUT2D eigenvalue weighted by Crippen LogP contribution is -2.34. The van der Waals surface area contributed by atoms with Gasteiger partial charge in [0.15, 0.2) is 0 Å². The van der Waals surface area contributed by atoms with E-state index in [2.05, 4.69) is 22.9 Å². The van der Waals surface area contributed by atoms with Gasteiger partial charge in [0, 0.05) is 36.2 Å². The standard InChI is InChI=1S/C19H27N3O/c1-15(20)12-16-13-22(18-9-5-4-8-17(16)18)14-19(23)21-10-6-2-3-7-11-21/h4-5,8-9,13,15H,2-3,6-7,10-12,14,20H2,1H3. The van der Waals surface area contributed by atoms with Crippen molar-refractivity contribution in [1.29, 1.82) is 0 Å². The molecular weight excluding hydrogens is 286 g/mol. The number of hydrogen-bond donors (Lipinski definition) is 1. The number of carbonyl (C=O) groups excluding carboxylic acids is 1. The van der Waals surface area contributed by atoms with E-state index in [0.717, 1.165) is 37.9 Å². The molecule has 23 heavy (non-hydrogen) atoms. The molecule has 3 rings (SSSR count). The second kappa shape index (κ2) is 7.18. The van der Waals surface area contributed by atoms with Crippen molar-refractivity contribution in [2.75, 3.05) is 13.1 Å². The summed E-state index contributed by atoms with van der Waals surface area (Å²) in [5.41, 5.74) is 8.34. The Balaban J connectivity index is 1.83. The van der Waals surface area contributed by atoms with Gasteiger partial charge in [-0.25, -0.2) is 0 Å². The normalized spacial score (nSPS) is 17.2. The number of hydrogen-bond acceptors (Lipinski definition) is 2. The van der Waals surface area contributed by atoms with Gasteiger partial charge >= 0.3 is 0 Å². The largest absolute Gasteiger partial charge is 0.341 e. The minimum absolute atomic E-state index is 0.121. The van der Waals surface area contributed by atoms with Crippen LogP contribution in [0, 0.1) is 0 Å². The van der Waals surface area contributed by atoms with Gasteiger partial charge in [0.05, 0.1) is 0 Å². The van der Waals surface area contributed by atoms with Crippen LogP contribution in [0.4, 0.5) is 0 Å². The molecule has 4 nitrogen and oxygen atoms in total. The molecule has 1 fully saturated rings. The molecular formula is C19H27N3O. The van der Waals surface area contributed by atoms with E-state index in [9.17, 15) is 4.79 Å². The van der Waals surface area contributed by atoms with Crippen LogP contribution in [0.1, 0.15) is 38.2 Å². The lowest BCUT2D eigenvalue weighted by molar-refractivity contribution is -0.131. The van der Waals surface area contributed by atoms with Crippen molar-refractivity contribution in [2.45, 2.75) is 51.6 Å². The van der Waals surface area contributed by atoms with Gasteiger partial charge in [0.25, 0.3) is 0 Å². The summed E-state index contributed by atoms with van der Waals surface area (Å²) in [4.78, 5) is 14.7. The Hall–Kier alpha value is -1.81. The lowest BCUT2D eigenvalue weighted by Gasteiger charge is -2.20. The van der Waals surface area contributed by atoms with Crippen LogP contribution < -0.4 is 5.73 Å². The number of nitrogens with zero attached hydrogens (tertiary/aromatic N) is 2. The number of fused-ring (bicyclic) bond motifs is 1. The predicted molar refractivity (Wildman–Crippen MR) is 94.3 cm³/mol. The van der Waals surface area contributed by atoms with Crippen LogP contribution in [0.3, 0.4) is 0 Å². The summed E-state index contributed by atoms with van der Waals surface area (Å²) in [6.45, 7) is 4.27. The lowest BCUT2D eigenvalue weighted by atomic mass is 10.1. The van der Waals surface area contributed by atoms with E-state index in [-0.39, 0.29) is 11.9 Å². The number of para-hydroxylation sites is 1. The molecule has 124 valence electrons. The first-order valence-corrected chi connectivity index (χ1v) is 8.75. The molecule has 1 aliphatic rings. The van der Waals surface area contributed by atoms with Gasteiger partial charge in [-0.2, -0.15) is 0 Å². The highest BCUT2D eigenvalue weighted by molar-refractivity contribution is 5.86. The maximum absolute atomic E-state index is 12.7. The van der Waals surface area contributed by atoms with Crippen molar-refractivity contribution in [3.8, 4) is 0 Å². The minimum Gasteiger partial charge on any atom is -0.341 e. The fraction of sp³-hybridized carbons (Fsp3) is 0.526.